The van der Waals surface area contributed by atoms with Crippen LogP contribution in [-0.2, 0) is 4.74 Å². The average Bonchev–Trinajstić information content (AvgIpc) is 2.29. The van der Waals surface area contributed by atoms with Gasteiger partial charge in [-0.15, -0.1) is 0 Å². The molecular weight excluding hydrogens is 208 g/mol. The molecule has 0 aromatic carbocycles. The van der Waals surface area contributed by atoms with Crippen LogP contribution in [0.25, 0.3) is 0 Å². The maximum absolute atomic E-state index is 5.28. The van der Waals surface area contributed by atoms with Crippen molar-refractivity contribution in [3.05, 3.63) is 23.8 Å². The Morgan fingerprint density at radius 1 is 1.59 bits per heavy atom. The predicted octanol–water partition coefficient (Wildman–Crippen LogP) is 4.35. The standard InChI is InChI=1S/C16H26O/c1-12-6-5-8-16(3)9-7-14(10-15(12)16)13(2)11-17-4/h7,13,15H,1,5-6,8-11H2,2-4H3/t13?,15?,16-/m0/s1. The van der Waals surface area contributed by atoms with Gasteiger partial charge in [0.1, 0.15) is 0 Å². The van der Waals surface area contributed by atoms with Crippen LogP contribution >= 0.6 is 0 Å². The van der Waals surface area contributed by atoms with Crippen molar-refractivity contribution < 1.29 is 4.74 Å². The Balaban J connectivity index is 2.13. The van der Waals surface area contributed by atoms with Gasteiger partial charge in [-0.3, -0.25) is 0 Å². The number of hydrogen-bond acceptors (Lipinski definition) is 1. The Hall–Kier alpha value is -0.560. The van der Waals surface area contributed by atoms with E-state index < -0.39 is 0 Å². The first kappa shape index (κ1) is 12.9. The fourth-order valence-corrected chi connectivity index (χ4v) is 3.64. The molecule has 0 bridgehead atoms. The van der Waals surface area contributed by atoms with E-state index in [0.29, 0.717) is 11.3 Å². The van der Waals surface area contributed by atoms with Crippen molar-refractivity contribution in [2.45, 2.75) is 46.0 Å². The van der Waals surface area contributed by atoms with Crippen LogP contribution in [0.3, 0.4) is 0 Å². The Labute approximate surface area is 106 Å². The zero-order valence-corrected chi connectivity index (χ0v) is 11.6. The quantitative estimate of drug-likeness (QED) is 0.660. The zero-order valence-electron chi connectivity index (χ0n) is 11.6. The van der Waals surface area contributed by atoms with Crippen LogP contribution < -0.4 is 0 Å². The molecule has 0 N–H and O–H groups in total. The van der Waals surface area contributed by atoms with Gasteiger partial charge < -0.3 is 4.74 Å². The third kappa shape index (κ3) is 2.49. The summed E-state index contributed by atoms with van der Waals surface area (Å²) in [4.78, 5) is 0. The third-order valence-corrected chi connectivity index (χ3v) is 4.90. The lowest BCUT2D eigenvalue weighted by Crippen LogP contribution is -2.35. The largest absolute Gasteiger partial charge is 0.384 e. The van der Waals surface area contributed by atoms with E-state index in [4.69, 9.17) is 4.74 Å². The van der Waals surface area contributed by atoms with Gasteiger partial charge in [0.15, 0.2) is 0 Å². The smallest absolute Gasteiger partial charge is 0.0525 e. The lowest BCUT2D eigenvalue weighted by atomic mass is 9.59. The molecule has 0 aromatic heterocycles. The predicted molar refractivity (Wildman–Crippen MR) is 72.9 cm³/mol. The summed E-state index contributed by atoms with van der Waals surface area (Å²) in [5.41, 5.74) is 3.58. The fraction of sp³-hybridized carbons (Fsp3) is 0.750. The van der Waals surface area contributed by atoms with Crippen LogP contribution in [0.15, 0.2) is 23.8 Å². The molecule has 0 amide bonds. The molecule has 1 nitrogen and oxygen atoms in total. The Bertz CT molecular complexity index is 328. The number of rotatable bonds is 3. The summed E-state index contributed by atoms with van der Waals surface area (Å²) < 4.78 is 5.28. The molecule has 0 heterocycles. The van der Waals surface area contributed by atoms with Gasteiger partial charge in [-0.2, -0.15) is 0 Å². The maximum Gasteiger partial charge on any atom is 0.0525 e. The molecule has 2 unspecified atom stereocenters. The minimum atomic E-state index is 0.492. The first-order valence-electron chi connectivity index (χ1n) is 6.92. The molecule has 96 valence electrons. The summed E-state index contributed by atoms with van der Waals surface area (Å²) in [7, 11) is 1.80. The second kappa shape index (κ2) is 4.97. The summed E-state index contributed by atoms with van der Waals surface area (Å²) in [5, 5.41) is 0. The fourth-order valence-electron chi connectivity index (χ4n) is 3.64. The van der Waals surface area contributed by atoms with Gasteiger partial charge in [0.25, 0.3) is 0 Å². The molecule has 17 heavy (non-hydrogen) atoms. The number of fused-ring (bicyclic) bond motifs is 1. The normalized spacial score (nSPS) is 35.1. The summed E-state index contributed by atoms with van der Waals surface area (Å²) in [6.07, 6.45) is 8.90. The number of methoxy groups -OCH3 is 1. The average molecular weight is 234 g/mol. The summed E-state index contributed by atoms with van der Waals surface area (Å²) in [6, 6.07) is 0. The molecule has 2 aliphatic carbocycles. The molecule has 0 aliphatic heterocycles. The Morgan fingerprint density at radius 3 is 3.06 bits per heavy atom. The van der Waals surface area contributed by atoms with E-state index in [2.05, 4.69) is 26.5 Å². The van der Waals surface area contributed by atoms with Crippen LogP contribution in [0, 0.1) is 17.3 Å². The van der Waals surface area contributed by atoms with Gasteiger partial charge in [0.05, 0.1) is 6.61 Å². The SMILES string of the molecule is C=C1CCC[C@@]2(C)CC=C(C(C)COC)CC12. The molecule has 0 aromatic rings. The summed E-state index contributed by atoms with van der Waals surface area (Å²) in [5.74, 6) is 1.29. The molecule has 3 atom stereocenters. The Kier molecular flexibility index (Phi) is 3.77. The van der Waals surface area contributed by atoms with E-state index in [-0.39, 0.29) is 0 Å². The monoisotopic (exact) mass is 234 g/mol. The highest BCUT2D eigenvalue weighted by molar-refractivity contribution is 5.22. The van der Waals surface area contributed by atoms with E-state index in [1.54, 1.807) is 12.7 Å². The van der Waals surface area contributed by atoms with Crippen LogP contribution in [0.5, 0.6) is 0 Å². The highest BCUT2D eigenvalue weighted by Gasteiger charge is 2.40. The van der Waals surface area contributed by atoms with Gasteiger partial charge >= 0.3 is 0 Å². The van der Waals surface area contributed by atoms with Crippen LogP contribution in [-0.4, -0.2) is 13.7 Å². The highest BCUT2D eigenvalue weighted by Crippen LogP contribution is 2.52. The lowest BCUT2D eigenvalue weighted by molar-refractivity contribution is 0.136. The van der Waals surface area contributed by atoms with Crippen LogP contribution in [0.2, 0.25) is 0 Å². The molecule has 1 heteroatoms. The van der Waals surface area contributed by atoms with Crippen molar-refractivity contribution in [2.75, 3.05) is 13.7 Å². The molecule has 1 saturated carbocycles. The van der Waals surface area contributed by atoms with Crippen molar-refractivity contribution in [3.8, 4) is 0 Å². The number of allylic oxidation sites excluding steroid dienone is 2. The number of ether oxygens (including phenoxy) is 1. The van der Waals surface area contributed by atoms with E-state index in [1.807, 2.05) is 0 Å². The minimum Gasteiger partial charge on any atom is -0.384 e. The van der Waals surface area contributed by atoms with Crippen molar-refractivity contribution in [2.24, 2.45) is 17.3 Å². The molecule has 0 radical (unpaired) electrons. The lowest BCUT2D eigenvalue weighted by Gasteiger charge is -2.46. The second-order valence-electron chi connectivity index (χ2n) is 6.26. The van der Waals surface area contributed by atoms with Gasteiger partial charge in [0.2, 0.25) is 0 Å². The molecule has 2 aliphatic rings. The zero-order chi connectivity index (χ0) is 12.5. The minimum absolute atomic E-state index is 0.492. The molecule has 1 fully saturated rings. The van der Waals surface area contributed by atoms with E-state index >= 15 is 0 Å². The van der Waals surface area contributed by atoms with E-state index in [0.717, 1.165) is 12.5 Å². The summed E-state index contributed by atoms with van der Waals surface area (Å²) >= 11 is 0. The van der Waals surface area contributed by atoms with Crippen molar-refractivity contribution in [3.63, 3.8) is 0 Å². The van der Waals surface area contributed by atoms with Gasteiger partial charge in [0, 0.05) is 13.0 Å². The maximum atomic E-state index is 5.28. The van der Waals surface area contributed by atoms with E-state index in [1.165, 1.54) is 37.7 Å². The van der Waals surface area contributed by atoms with Crippen molar-refractivity contribution in [1.29, 1.82) is 0 Å². The third-order valence-electron chi connectivity index (χ3n) is 4.90. The van der Waals surface area contributed by atoms with Gasteiger partial charge in [-0.05, 0) is 43.4 Å². The molecule has 0 spiro atoms. The molecular formula is C16H26O. The van der Waals surface area contributed by atoms with Crippen molar-refractivity contribution in [1.82, 2.24) is 0 Å². The van der Waals surface area contributed by atoms with Crippen LogP contribution in [0.4, 0.5) is 0 Å². The van der Waals surface area contributed by atoms with Crippen LogP contribution in [0.1, 0.15) is 46.0 Å². The second-order valence-corrected chi connectivity index (χ2v) is 6.26. The summed E-state index contributed by atoms with van der Waals surface area (Å²) in [6.45, 7) is 9.91. The van der Waals surface area contributed by atoms with Gasteiger partial charge in [-0.25, -0.2) is 0 Å². The first-order valence-corrected chi connectivity index (χ1v) is 6.92. The van der Waals surface area contributed by atoms with E-state index in [9.17, 15) is 0 Å². The molecule has 0 saturated heterocycles. The highest BCUT2D eigenvalue weighted by atomic mass is 16.5. The topological polar surface area (TPSA) is 9.23 Å². The van der Waals surface area contributed by atoms with Gasteiger partial charge in [-0.1, -0.05) is 37.6 Å². The first-order chi connectivity index (χ1) is 8.07. The number of hydrogen-bond donors (Lipinski definition) is 0. The Morgan fingerprint density at radius 2 is 2.35 bits per heavy atom. The molecule has 2 rings (SSSR count). The van der Waals surface area contributed by atoms with Crippen molar-refractivity contribution >= 4 is 0 Å².